The summed E-state index contributed by atoms with van der Waals surface area (Å²) in [5.74, 6) is 0. The maximum Gasteiger partial charge on any atom is 0.124 e. The van der Waals surface area contributed by atoms with Gasteiger partial charge >= 0.3 is 0 Å². The summed E-state index contributed by atoms with van der Waals surface area (Å²) in [5.41, 5.74) is 4.62. The van der Waals surface area contributed by atoms with Gasteiger partial charge in [-0.25, -0.2) is 0 Å². The summed E-state index contributed by atoms with van der Waals surface area (Å²) < 4.78 is 2.29. The van der Waals surface area contributed by atoms with Crippen LogP contribution in [0.5, 0.6) is 0 Å². The molecule has 23 heavy (non-hydrogen) atoms. The van der Waals surface area contributed by atoms with Crippen LogP contribution in [0, 0.1) is 11.3 Å². The van der Waals surface area contributed by atoms with E-state index in [0.717, 1.165) is 36.8 Å². The fraction of sp³-hybridized carbons (Fsp3) is 0.368. The van der Waals surface area contributed by atoms with E-state index < -0.39 is 0 Å². The highest BCUT2D eigenvalue weighted by Crippen LogP contribution is 2.31. The third-order valence-corrected chi connectivity index (χ3v) is 4.76. The van der Waals surface area contributed by atoms with Gasteiger partial charge < -0.3 is 4.57 Å². The molecule has 0 amide bonds. The summed E-state index contributed by atoms with van der Waals surface area (Å²) in [6.07, 6.45) is 6.93. The summed E-state index contributed by atoms with van der Waals surface area (Å²) in [5, 5.41) is 10.7. The number of benzene rings is 1. The zero-order chi connectivity index (χ0) is 16.4. The molecule has 0 saturated heterocycles. The van der Waals surface area contributed by atoms with E-state index in [0.29, 0.717) is 11.3 Å². The molecule has 1 unspecified atom stereocenters. The van der Waals surface area contributed by atoms with E-state index in [1.807, 2.05) is 19.9 Å². The topological polar surface area (TPSA) is 41.1 Å². The second-order valence-corrected chi connectivity index (χ2v) is 6.29. The Morgan fingerprint density at radius 2 is 2.35 bits per heavy atom. The molecule has 3 rings (SSSR count). The fourth-order valence-electron chi connectivity index (χ4n) is 3.21. The number of aliphatic imine (C=N–C) groups is 1. The third-order valence-electron chi connectivity index (χ3n) is 4.35. The minimum absolute atomic E-state index is 0.319. The molecule has 2 aromatic rings. The summed E-state index contributed by atoms with van der Waals surface area (Å²) in [6.45, 7) is 4.87. The summed E-state index contributed by atoms with van der Waals surface area (Å²) in [7, 11) is 0. The van der Waals surface area contributed by atoms with Crippen molar-refractivity contribution in [2.24, 2.45) is 4.99 Å². The van der Waals surface area contributed by atoms with E-state index in [4.69, 9.17) is 11.6 Å². The van der Waals surface area contributed by atoms with Crippen LogP contribution in [-0.2, 0) is 13.0 Å². The van der Waals surface area contributed by atoms with Crippen molar-refractivity contribution in [2.75, 3.05) is 0 Å². The number of aromatic nitrogens is 1. The van der Waals surface area contributed by atoms with Gasteiger partial charge in [0.2, 0.25) is 0 Å². The second kappa shape index (κ2) is 6.60. The maximum atomic E-state index is 9.50. The molecule has 0 saturated carbocycles. The number of alkyl halides is 1. The Kier molecular flexibility index (Phi) is 4.54. The lowest BCUT2D eigenvalue weighted by molar-refractivity contribution is 0.636. The van der Waals surface area contributed by atoms with Crippen molar-refractivity contribution in [3.05, 3.63) is 47.2 Å². The molecule has 0 spiro atoms. The van der Waals surface area contributed by atoms with E-state index in [9.17, 15) is 5.26 Å². The normalized spacial score (nSPS) is 16.4. The van der Waals surface area contributed by atoms with Crippen LogP contribution in [0.4, 0.5) is 0 Å². The molecule has 1 aromatic carbocycles. The number of nitriles is 1. The highest BCUT2D eigenvalue weighted by Gasteiger charge is 2.21. The largest absolute Gasteiger partial charge is 0.347 e. The Hall–Kier alpha value is -2.05. The predicted molar refractivity (Wildman–Crippen MR) is 96.1 cm³/mol. The highest BCUT2D eigenvalue weighted by atomic mass is 35.5. The number of allylic oxidation sites excluding steroid dienone is 2. The van der Waals surface area contributed by atoms with Crippen molar-refractivity contribution in [1.82, 2.24) is 4.57 Å². The maximum absolute atomic E-state index is 9.50. The van der Waals surface area contributed by atoms with Crippen molar-refractivity contribution in [2.45, 2.75) is 45.2 Å². The lowest BCUT2D eigenvalue weighted by Gasteiger charge is -2.14. The van der Waals surface area contributed by atoms with Gasteiger partial charge in [0.25, 0.3) is 0 Å². The third kappa shape index (κ3) is 2.80. The van der Waals surface area contributed by atoms with Crippen LogP contribution in [0.15, 0.2) is 41.0 Å². The van der Waals surface area contributed by atoms with Crippen LogP contribution in [0.25, 0.3) is 10.9 Å². The molecule has 2 heterocycles. The number of hydrogen-bond donors (Lipinski definition) is 0. The zero-order valence-electron chi connectivity index (χ0n) is 13.5. The SMILES string of the molecule is C/C=C(/C#N)C(=NC(Cl)CC)c1cn2c3c(cccc13)CCC2. The van der Waals surface area contributed by atoms with E-state index in [-0.39, 0.29) is 5.50 Å². The Balaban J connectivity index is 2.26. The monoisotopic (exact) mass is 325 g/mol. The molecule has 1 aliphatic heterocycles. The van der Waals surface area contributed by atoms with Crippen LogP contribution in [-0.4, -0.2) is 15.8 Å². The average Bonchev–Trinajstić information content (AvgIpc) is 2.96. The molecule has 0 N–H and O–H groups in total. The number of aryl methyl sites for hydroxylation is 2. The summed E-state index contributed by atoms with van der Waals surface area (Å²) in [4.78, 5) is 4.63. The number of para-hydroxylation sites is 1. The van der Waals surface area contributed by atoms with E-state index in [1.165, 1.54) is 11.1 Å². The Morgan fingerprint density at radius 3 is 3.04 bits per heavy atom. The van der Waals surface area contributed by atoms with E-state index >= 15 is 0 Å². The van der Waals surface area contributed by atoms with Crippen LogP contribution in [0.3, 0.4) is 0 Å². The molecule has 4 heteroatoms. The van der Waals surface area contributed by atoms with Gasteiger partial charge in [-0.2, -0.15) is 5.26 Å². The van der Waals surface area contributed by atoms with Gasteiger partial charge in [0.05, 0.1) is 16.8 Å². The van der Waals surface area contributed by atoms with Gasteiger partial charge in [-0.15, -0.1) is 0 Å². The first kappa shape index (κ1) is 15.8. The van der Waals surface area contributed by atoms with Gasteiger partial charge in [0.15, 0.2) is 0 Å². The average molecular weight is 326 g/mol. The van der Waals surface area contributed by atoms with E-state index in [1.54, 1.807) is 0 Å². The number of hydrogen-bond acceptors (Lipinski definition) is 2. The number of halogens is 1. The quantitative estimate of drug-likeness (QED) is 0.344. The zero-order valence-corrected chi connectivity index (χ0v) is 14.3. The van der Waals surface area contributed by atoms with E-state index in [2.05, 4.69) is 40.0 Å². The molecule has 0 radical (unpaired) electrons. The van der Waals surface area contributed by atoms with Gasteiger partial charge in [-0.05, 0) is 31.7 Å². The number of nitrogens with zero attached hydrogens (tertiary/aromatic N) is 3. The molecular weight excluding hydrogens is 306 g/mol. The Labute approximate surface area is 141 Å². The molecule has 0 bridgehead atoms. The fourth-order valence-corrected chi connectivity index (χ4v) is 3.31. The van der Waals surface area contributed by atoms with Gasteiger partial charge in [0.1, 0.15) is 11.6 Å². The number of rotatable bonds is 4. The predicted octanol–water partition coefficient (Wildman–Crippen LogP) is 4.82. The first-order chi connectivity index (χ1) is 11.2. The Bertz CT molecular complexity index is 836. The molecule has 118 valence electrons. The first-order valence-corrected chi connectivity index (χ1v) is 8.53. The van der Waals surface area contributed by atoms with Crippen LogP contribution >= 0.6 is 11.6 Å². The minimum atomic E-state index is -0.319. The van der Waals surface area contributed by atoms with Crippen molar-refractivity contribution >= 4 is 28.2 Å². The van der Waals surface area contributed by atoms with Crippen molar-refractivity contribution in [3.63, 3.8) is 0 Å². The lowest BCUT2D eigenvalue weighted by Crippen LogP contribution is -2.08. The van der Waals surface area contributed by atoms with Crippen molar-refractivity contribution < 1.29 is 0 Å². The second-order valence-electron chi connectivity index (χ2n) is 5.79. The summed E-state index contributed by atoms with van der Waals surface area (Å²) >= 11 is 6.27. The first-order valence-electron chi connectivity index (χ1n) is 8.09. The van der Waals surface area contributed by atoms with Gasteiger partial charge in [-0.3, -0.25) is 4.99 Å². The molecular formula is C19H20ClN3. The minimum Gasteiger partial charge on any atom is -0.347 e. The smallest absolute Gasteiger partial charge is 0.124 e. The molecule has 0 fully saturated rings. The molecule has 1 atom stereocenters. The molecule has 1 aliphatic rings. The van der Waals surface area contributed by atoms with Crippen molar-refractivity contribution in [1.29, 1.82) is 5.26 Å². The summed E-state index contributed by atoms with van der Waals surface area (Å²) in [6, 6.07) is 8.66. The van der Waals surface area contributed by atoms with Crippen LogP contribution in [0.1, 0.15) is 37.8 Å². The standard InChI is InChI=1S/C19H20ClN3/c1-3-13(11-21)18(22-17(20)4-2)16-12-23-10-6-8-14-7-5-9-15(16)19(14)23/h3,5,7,9,12,17H,4,6,8,10H2,1-2H3/b13-3-,22-18?. The molecule has 1 aromatic heterocycles. The van der Waals surface area contributed by atoms with Crippen LogP contribution < -0.4 is 0 Å². The molecule has 0 aliphatic carbocycles. The Morgan fingerprint density at radius 1 is 1.52 bits per heavy atom. The van der Waals surface area contributed by atoms with Gasteiger partial charge in [0, 0.05) is 23.7 Å². The van der Waals surface area contributed by atoms with Crippen LogP contribution in [0.2, 0.25) is 0 Å². The lowest BCUT2D eigenvalue weighted by atomic mass is 9.99. The van der Waals surface area contributed by atoms with Gasteiger partial charge in [-0.1, -0.05) is 42.8 Å². The molecule has 3 nitrogen and oxygen atoms in total. The van der Waals surface area contributed by atoms with Crippen molar-refractivity contribution in [3.8, 4) is 6.07 Å². The highest BCUT2D eigenvalue weighted by molar-refractivity contribution is 6.25.